The van der Waals surface area contributed by atoms with Gasteiger partial charge in [0.2, 0.25) is 0 Å². The van der Waals surface area contributed by atoms with E-state index in [4.69, 9.17) is 10.2 Å². The average molecular weight is 435 g/mol. The van der Waals surface area contributed by atoms with E-state index in [1.54, 1.807) is 35.6 Å². The largest absolute Gasteiger partial charge is 0.855 e. The fourth-order valence-electron chi connectivity index (χ4n) is 2.19. The van der Waals surface area contributed by atoms with Crippen LogP contribution >= 0.6 is 0 Å². The molecule has 0 spiro atoms. The molecule has 0 bridgehead atoms. The summed E-state index contributed by atoms with van der Waals surface area (Å²) in [5.41, 5.74) is 0. The smallest absolute Gasteiger partial charge is 0.0809 e. The van der Waals surface area contributed by atoms with Crippen molar-refractivity contribution in [2.75, 3.05) is 13.2 Å². The van der Waals surface area contributed by atoms with Gasteiger partial charge in [-0.25, -0.2) is 0 Å². The quantitative estimate of drug-likeness (QED) is 0.285. The molecule has 0 aromatic heterocycles. The second-order valence-electron chi connectivity index (χ2n) is 5.86. The third-order valence-corrected chi connectivity index (χ3v) is 7.45. The molecule has 0 amide bonds. The summed E-state index contributed by atoms with van der Waals surface area (Å²) in [5.74, 6) is 0. The van der Waals surface area contributed by atoms with E-state index in [0.29, 0.717) is 0 Å². The van der Waals surface area contributed by atoms with Crippen LogP contribution in [0, 0.1) is 0 Å². The summed E-state index contributed by atoms with van der Waals surface area (Å²) < 4.78 is 3.31. The molecule has 0 radical (unpaired) electrons. The Labute approximate surface area is 158 Å². The summed E-state index contributed by atoms with van der Waals surface area (Å²) in [6.07, 6.45) is 17.8. The zero-order chi connectivity index (χ0) is 18.0. The van der Waals surface area contributed by atoms with Crippen molar-refractivity contribution in [3.8, 4) is 0 Å². The molecule has 0 aliphatic carbocycles. The maximum absolute atomic E-state index is 8.93. The van der Waals surface area contributed by atoms with E-state index >= 15 is 0 Å². The zero-order valence-corrected chi connectivity index (χ0v) is 19.5. The second-order valence-corrected chi connectivity index (χ2v) is 10.1. The van der Waals surface area contributed by atoms with Crippen LogP contribution in [-0.4, -0.2) is 34.4 Å². The van der Waals surface area contributed by atoms with Crippen LogP contribution in [0.15, 0.2) is 0 Å². The average Bonchev–Trinajstić information content (AvgIpc) is 2.53. The first-order chi connectivity index (χ1) is 11.2. The molecular weight excluding hydrogens is 391 g/mol. The van der Waals surface area contributed by atoms with Crippen molar-refractivity contribution < 1.29 is 10.2 Å². The molecule has 0 aromatic carbocycles. The topological polar surface area (TPSA) is 46.1 Å². The Hall–Kier alpha value is 0.719. The van der Waals surface area contributed by atoms with Gasteiger partial charge in [0.25, 0.3) is 0 Å². The Morgan fingerprint density at radius 1 is 0.478 bits per heavy atom. The molecule has 0 N–H and O–H groups in total. The molecule has 0 saturated carbocycles. The fraction of sp³-hybridized carbons (Fsp3) is 1.00. The van der Waals surface area contributed by atoms with Crippen LogP contribution in [0.2, 0.25) is 8.87 Å². The predicted octanol–water partition coefficient (Wildman–Crippen LogP) is 4.98. The SMILES string of the molecule is CCCCCCC[CH2][Sn+2][CH2]CCCCCCC.CC[O-].CC[O-]. The third kappa shape index (κ3) is 45.0. The second kappa shape index (κ2) is 34.1. The van der Waals surface area contributed by atoms with Gasteiger partial charge in [0.15, 0.2) is 0 Å². The van der Waals surface area contributed by atoms with Gasteiger partial charge in [-0.3, -0.25) is 0 Å². The van der Waals surface area contributed by atoms with E-state index in [-0.39, 0.29) is 34.4 Å². The van der Waals surface area contributed by atoms with Crippen LogP contribution in [0.4, 0.5) is 0 Å². The minimum absolute atomic E-state index is 0. The molecule has 0 aromatic rings. The molecule has 0 aliphatic rings. The monoisotopic (exact) mass is 436 g/mol. The van der Waals surface area contributed by atoms with Crippen molar-refractivity contribution in [2.45, 2.75) is 114 Å². The van der Waals surface area contributed by atoms with Gasteiger partial charge in [-0.1, -0.05) is 13.8 Å². The summed E-state index contributed by atoms with van der Waals surface area (Å²) >= 11 is 0.0736. The summed E-state index contributed by atoms with van der Waals surface area (Å²) in [5, 5.41) is 17.9. The zero-order valence-electron chi connectivity index (χ0n) is 16.6. The summed E-state index contributed by atoms with van der Waals surface area (Å²) in [6.45, 7) is 7.74. The summed E-state index contributed by atoms with van der Waals surface area (Å²) in [4.78, 5) is 0. The predicted molar refractivity (Wildman–Crippen MR) is 103 cm³/mol. The van der Waals surface area contributed by atoms with Crippen molar-refractivity contribution in [2.24, 2.45) is 0 Å². The van der Waals surface area contributed by atoms with E-state index in [1.165, 1.54) is 64.2 Å². The Morgan fingerprint density at radius 2 is 0.739 bits per heavy atom. The first kappa shape index (κ1) is 28.5. The first-order valence-electron chi connectivity index (χ1n) is 10.1. The molecule has 0 aliphatic heterocycles. The standard InChI is InChI=1S/2C8H17.2C2H5O.Sn/c2*1-3-5-7-8-6-4-2;2*1-2-3;/h2*1,3-8H2,2H3;2*2H2,1H3;/q;;2*-1;+2. The maximum atomic E-state index is 8.93. The Balaban J connectivity index is -0.000000573. The van der Waals surface area contributed by atoms with E-state index in [1.807, 2.05) is 0 Å². The molecule has 0 fully saturated rings. The van der Waals surface area contributed by atoms with Crippen LogP contribution in [0.3, 0.4) is 0 Å². The molecule has 0 rings (SSSR count). The normalized spacial score (nSPS) is 9.30. The van der Waals surface area contributed by atoms with Gasteiger partial charge in [0.05, 0.1) is 0 Å². The molecule has 140 valence electrons. The number of hydrogen-bond donors (Lipinski definition) is 0. The van der Waals surface area contributed by atoms with E-state index in [2.05, 4.69) is 13.8 Å². The Kier molecular flexibility index (Phi) is 42.3. The van der Waals surface area contributed by atoms with Crippen LogP contribution in [0.5, 0.6) is 0 Å². The van der Waals surface area contributed by atoms with Crippen molar-refractivity contribution in [3.63, 3.8) is 0 Å². The third-order valence-electron chi connectivity index (χ3n) is 3.41. The minimum Gasteiger partial charge on any atom is -0.855 e. The first-order valence-corrected chi connectivity index (χ1v) is 14.1. The van der Waals surface area contributed by atoms with E-state index < -0.39 is 0 Å². The molecule has 0 unspecified atom stereocenters. The van der Waals surface area contributed by atoms with Crippen molar-refractivity contribution >= 4 is 21.1 Å². The van der Waals surface area contributed by atoms with Crippen LogP contribution < -0.4 is 10.2 Å². The minimum atomic E-state index is 0. The van der Waals surface area contributed by atoms with Crippen molar-refractivity contribution in [1.82, 2.24) is 0 Å². The van der Waals surface area contributed by atoms with Crippen LogP contribution in [-0.2, 0) is 0 Å². The summed E-state index contributed by atoms with van der Waals surface area (Å²) in [7, 11) is 0. The molecule has 0 saturated heterocycles. The number of rotatable bonds is 14. The van der Waals surface area contributed by atoms with E-state index in [0.717, 1.165) is 0 Å². The van der Waals surface area contributed by atoms with Crippen molar-refractivity contribution in [3.05, 3.63) is 0 Å². The van der Waals surface area contributed by atoms with Gasteiger partial charge in [-0.05, 0) is 0 Å². The maximum Gasteiger partial charge on any atom is -0.0809 e. The molecule has 0 atom stereocenters. The Morgan fingerprint density at radius 3 is 1.04 bits per heavy atom. The van der Waals surface area contributed by atoms with Gasteiger partial charge in [-0.15, -0.1) is 13.2 Å². The molecule has 3 heteroatoms. The van der Waals surface area contributed by atoms with Crippen LogP contribution in [0.25, 0.3) is 0 Å². The van der Waals surface area contributed by atoms with Gasteiger partial charge in [0, 0.05) is 0 Å². The molecule has 0 heterocycles. The van der Waals surface area contributed by atoms with Crippen molar-refractivity contribution in [1.29, 1.82) is 0 Å². The van der Waals surface area contributed by atoms with E-state index in [9.17, 15) is 0 Å². The van der Waals surface area contributed by atoms with Gasteiger partial charge in [-0.2, -0.15) is 0 Å². The fourth-order valence-corrected chi connectivity index (χ4v) is 5.75. The summed E-state index contributed by atoms with van der Waals surface area (Å²) in [6, 6.07) is 0. The molecule has 23 heavy (non-hydrogen) atoms. The van der Waals surface area contributed by atoms with Gasteiger partial charge >= 0.3 is 121 Å². The molecule has 2 nitrogen and oxygen atoms in total. The molecular formula is C20H44O2Sn. The van der Waals surface area contributed by atoms with Crippen LogP contribution in [0.1, 0.15) is 105 Å². The number of unbranched alkanes of at least 4 members (excludes halogenated alkanes) is 10. The van der Waals surface area contributed by atoms with Gasteiger partial charge < -0.3 is 10.2 Å². The Bertz CT molecular complexity index is 139. The number of hydrogen-bond acceptors (Lipinski definition) is 2. The van der Waals surface area contributed by atoms with Gasteiger partial charge in [0.1, 0.15) is 0 Å².